The maximum atomic E-state index is 10.3. The van der Waals surface area contributed by atoms with E-state index in [1.165, 1.54) is 6.20 Å². The molecule has 2 N–H and O–H groups in total. The van der Waals surface area contributed by atoms with E-state index >= 15 is 0 Å². The van der Waals surface area contributed by atoms with Crippen molar-refractivity contribution in [3.8, 4) is 0 Å². The summed E-state index contributed by atoms with van der Waals surface area (Å²) in [6.45, 7) is 3.55. The molecule has 5 heteroatoms. The van der Waals surface area contributed by atoms with Gasteiger partial charge in [-0.1, -0.05) is 10.7 Å². The van der Waals surface area contributed by atoms with E-state index in [0.29, 0.717) is 0 Å². The molecule has 0 saturated carbocycles. The van der Waals surface area contributed by atoms with E-state index < -0.39 is 5.97 Å². The van der Waals surface area contributed by atoms with Crippen molar-refractivity contribution < 1.29 is 15.1 Å². The number of aliphatic carboxylic acids is 1. The quantitative estimate of drug-likeness (QED) is 0.375. The third-order valence-corrected chi connectivity index (χ3v) is 0.861. The summed E-state index contributed by atoms with van der Waals surface area (Å²) >= 11 is 0. The van der Waals surface area contributed by atoms with Gasteiger partial charge in [-0.25, -0.2) is 9.79 Å². The van der Waals surface area contributed by atoms with E-state index in [9.17, 15) is 4.79 Å². The molecule has 0 atom stereocenters. The lowest BCUT2D eigenvalue weighted by atomic mass is 10.4. The van der Waals surface area contributed by atoms with Crippen LogP contribution in [-0.4, -0.2) is 28.2 Å². The van der Waals surface area contributed by atoms with E-state index in [1.807, 2.05) is 0 Å². The number of rotatable bonds is 3. The summed E-state index contributed by atoms with van der Waals surface area (Å²) in [6.07, 6.45) is 2.15. The minimum absolute atomic E-state index is 0.307. The zero-order valence-electron chi connectivity index (χ0n) is 6.85. The van der Waals surface area contributed by atoms with Crippen LogP contribution in [0.15, 0.2) is 21.9 Å². The van der Waals surface area contributed by atoms with E-state index in [4.69, 9.17) is 10.3 Å². The molecule has 0 heterocycles. The second kappa shape index (κ2) is 5.06. The van der Waals surface area contributed by atoms with Crippen molar-refractivity contribution >= 4 is 17.9 Å². The second-order valence-corrected chi connectivity index (χ2v) is 2.27. The van der Waals surface area contributed by atoms with Crippen molar-refractivity contribution in [1.29, 1.82) is 0 Å². The highest BCUT2D eigenvalue weighted by Gasteiger charge is 2.04. The van der Waals surface area contributed by atoms with Gasteiger partial charge in [0.2, 0.25) is 0 Å². The summed E-state index contributed by atoms with van der Waals surface area (Å²) < 4.78 is 0. The molecule has 0 fully saturated rings. The molecule has 5 nitrogen and oxygen atoms in total. The van der Waals surface area contributed by atoms with Gasteiger partial charge in [-0.2, -0.15) is 0 Å². The Kier molecular flexibility index (Phi) is 4.36. The van der Waals surface area contributed by atoms with Crippen LogP contribution >= 0.6 is 0 Å². The molecule has 12 heavy (non-hydrogen) atoms. The summed E-state index contributed by atoms with van der Waals surface area (Å²) in [6, 6.07) is 0. The van der Waals surface area contributed by atoms with E-state index in [0.717, 1.165) is 11.8 Å². The topological polar surface area (TPSA) is 82.2 Å². The van der Waals surface area contributed by atoms with Gasteiger partial charge in [0.1, 0.15) is 0 Å². The minimum Gasteiger partial charge on any atom is -0.476 e. The highest BCUT2D eigenvalue weighted by atomic mass is 16.4. The Morgan fingerprint density at radius 2 is 2.00 bits per heavy atom. The van der Waals surface area contributed by atoms with Crippen LogP contribution in [0.5, 0.6) is 0 Å². The number of hydrogen-bond donors (Lipinski definition) is 2. The van der Waals surface area contributed by atoms with Crippen molar-refractivity contribution in [3.63, 3.8) is 0 Å². The van der Waals surface area contributed by atoms with Crippen LogP contribution in [0.4, 0.5) is 0 Å². The first-order valence-corrected chi connectivity index (χ1v) is 3.20. The summed E-state index contributed by atoms with van der Waals surface area (Å²) in [5, 5.41) is 19.1. The third kappa shape index (κ3) is 4.21. The van der Waals surface area contributed by atoms with Gasteiger partial charge in [0, 0.05) is 6.20 Å². The molecule has 0 radical (unpaired) electrons. The van der Waals surface area contributed by atoms with Crippen molar-refractivity contribution in [2.75, 3.05) is 0 Å². The first kappa shape index (κ1) is 10.3. The Morgan fingerprint density at radius 3 is 2.33 bits per heavy atom. The fraction of sp³-hybridized carbons (Fsp3) is 0.286. The first-order valence-electron chi connectivity index (χ1n) is 3.20. The first-order chi connectivity index (χ1) is 5.57. The molecule has 0 rings (SSSR count). The Balaban J connectivity index is 4.62. The maximum Gasteiger partial charge on any atom is 0.356 e. The fourth-order valence-electron chi connectivity index (χ4n) is 0.397. The number of aliphatic imine (C=N–C) groups is 1. The lowest BCUT2D eigenvalue weighted by Gasteiger charge is -1.89. The number of oxime groups is 1. The highest BCUT2D eigenvalue weighted by Crippen LogP contribution is 1.89. The van der Waals surface area contributed by atoms with Gasteiger partial charge >= 0.3 is 5.97 Å². The number of nitrogens with zero attached hydrogens (tertiary/aromatic N) is 2. The van der Waals surface area contributed by atoms with Gasteiger partial charge in [-0.15, -0.1) is 0 Å². The smallest absolute Gasteiger partial charge is 0.356 e. The lowest BCUT2D eigenvalue weighted by molar-refractivity contribution is -0.129. The zero-order chi connectivity index (χ0) is 9.56. The number of carbonyl (C=O) groups is 1. The van der Waals surface area contributed by atoms with Crippen LogP contribution in [0.3, 0.4) is 0 Å². The molecular weight excluding hydrogens is 160 g/mol. The number of hydrogen-bond acceptors (Lipinski definition) is 4. The standard InChI is InChI=1S/C7H10N2O3/c1-5(2)3-8-6(4-9-12)7(10)11/h3-4,12H,1-2H3,(H,10,11)/b8-6?,9-4+. The SMILES string of the molecule is CC(C)=CN=C(/C=N/O)C(=O)O. The molecule has 0 aromatic carbocycles. The highest BCUT2D eigenvalue weighted by molar-refractivity contribution is 6.58. The summed E-state index contributed by atoms with van der Waals surface area (Å²) in [5.74, 6) is -1.23. The molecule has 0 amide bonds. The van der Waals surface area contributed by atoms with Gasteiger partial charge in [-0.3, -0.25) is 0 Å². The van der Waals surface area contributed by atoms with Crippen LogP contribution in [0, 0.1) is 0 Å². The number of allylic oxidation sites excluding steroid dienone is 1. The molecule has 0 aliphatic carbocycles. The van der Waals surface area contributed by atoms with Gasteiger partial charge in [-0.05, 0) is 13.8 Å². The molecular formula is C7H10N2O3. The van der Waals surface area contributed by atoms with Crippen molar-refractivity contribution in [1.82, 2.24) is 0 Å². The van der Waals surface area contributed by atoms with Crippen molar-refractivity contribution in [2.24, 2.45) is 10.1 Å². The largest absolute Gasteiger partial charge is 0.476 e. The van der Waals surface area contributed by atoms with Gasteiger partial charge in [0.05, 0.1) is 6.21 Å². The zero-order valence-corrected chi connectivity index (χ0v) is 6.85. The van der Waals surface area contributed by atoms with Crippen LogP contribution in [-0.2, 0) is 4.79 Å². The molecule has 0 unspecified atom stereocenters. The predicted molar refractivity (Wildman–Crippen MR) is 44.8 cm³/mol. The Morgan fingerprint density at radius 1 is 1.42 bits per heavy atom. The van der Waals surface area contributed by atoms with Crippen LogP contribution in [0.25, 0.3) is 0 Å². The van der Waals surface area contributed by atoms with Crippen molar-refractivity contribution in [3.05, 3.63) is 11.8 Å². The predicted octanol–water partition coefficient (Wildman–Crippen LogP) is 0.896. The Labute approximate surface area is 69.7 Å². The van der Waals surface area contributed by atoms with Gasteiger partial charge < -0.3 is 10.3 Å². The number of carboxylic acids is 1. The van der Waals surface area contributed by atoms with E-state index in [-0.39, 0.29) is 5.71 Å². The average molecular weight is 170 g/mol. The van der Waals surface area contributed by atoms with Crippen molar-refractivity contribution in [2.45, 2.75) is 13.8 Å². The second-order valence-electron chi connectivity index (χ2n) is 2.27. The van der Waals surface area contributed by atoms with Gasteiger partial charge in [0.25, 0.3) is 0 Å². The number of carboxylic acid groups (broad SMARTS) is 1. The lowest BCUT2D eigenvalue weighted by Crippen LogP contribution is -2.13. The monoisotopic (exact) mass is 170 g/mol. The molecule has 0 bridgehead atoms. The maximum absolute atomic E-state index is 10.3. The fourth-order valence-corrected chi connectivity index (χ4v) is 0.397. The molecule has 0 aliphatic rings. The van der Waals surface area contributed by atoms with Crippen LogP contribution < -0.4 is 0 Å². The molecule has 0 aromatic rings. The molecule has 0 aromatic heterocycles. The van der Waals surface area contributed by atoms with Gasteiger partial charge in [0.15, 0.2) is 5.71 Å². The minimum atomic E-state index is -1.23. The van der Waals surface area contributed by atoms with Crippen LogP contribution in [0.2, 0.25) is 0 Å². The molecule has 66 valence electrons. The third-order valence-electron chi connectivity index (χ3n) is 0.861. The van der Waals surface area contributed by atoms with E-state index in [1.54, 1.807) is 13.8 Å². The summed E-state index contributed by atoms with van der Waals surface area (Å²) in [7, 11) is 0. The molecule has 0 spiro atoms. The summed E-state index contributed by atoms with van der Waals surface area (Å²) in [4.78, 5) is 13.9. The average Bonchev–Trinajstić information content (AvgIpc) is 1.96. The Bertz CT molecular complexity index is 249. The molecule has 0 aliphatic heterocycles. The molecule has 0 saturated heterocycles. The van der Waals surface area contributed by atoms with Crippen LogP contribution in [0.1, 0.15) is 13.8 Å². The van der Waals surface area contributed by atoms with E-state index in [2.05, 4.69) is 10.1 Å². The Hall–Kier alpha value is -1.65. The summed E-state index contributed by atoms with van der Waals surface area (Å²) in [5.41, 5.74) is 0.554. The normalized spacial score (nSPS) is 11.7.